The predicted octanol–water partition coefficient (Wildman–Crippen LogP) is 4.93. The van der Waals surface area contributed by atoms with Gasteiger partial charge in [0.25, 0.3) is 0 Å². The number of hydrogen-bond donors (Lipinski definition) is 0. The zero-order valence-electron chi connectivity index (χ0n) is 14.5. The minimum absolute atomic E-state index is 0.0712. The molecular formula is C22H21FN+. The van der Waals surface area contributed by atoms with Crippen LogP contribution in [0.15, 0.2) is 54.7 Å². The van der Waals surface area contributed by atoms with Gasteiger partial charge in [0.05, 0.1) is 5.56 Å². The third-order valence-corrected chi connectivity index (χ3v) is 5.32. The van der Waals surface area contributed by atoms with Crippen LogP contribution < -0.4 is 4.57 Å². The van der Waals surface area contributed by atoms with Crippen molar-refractivity contribution in [3.8, 4) is 22.4 Å². The highest BCUT2D eigenvalue weighted by Crippen LogP contribution is 2.52. The number of benzene rings is 2. The maximum Gasteiger partial charge on any atom is 0.249 e. The van der Waals surface area contributed by atoms with Crippen molar-refractivity contribution >= 4 is 0 Å². The summed E-state index contributed by atoms with van der Waals surface area (Å²) >= 11 is 0. The molecule has 0 radical (unpaired) electrons. The van der Waals surface area contributed by atoms with Crippen molar-refractivity contribution < 1.29 is 8.96 Å². The lowest BCUT2D eigenvalue weighted by atomic mass is 9.81. The normalized spacial score (nSPS) is 14.4. The van der Waals surface area contributed by atoms with Crippen LogP contribution in [-0.4, -0.2) is 0 Å². The van der Waals surface area contributed by atoms with Gasteiger partial charge in [0.2, 0.25) is 5.69 Å². The first-order valence-electron chi connectivity index (χ1n) is 8.31. The average Bonchev–Trinajstić information content (AvgIpc) is 2.78. The molecule has 1 heterocycles. The quantitative estimate of drug-likeness (QED) is 0.560. The van der Waals surface area contributed by atoms with Crippen molar-refractivity contribution in [2.75, 3.05) is 0 Å². The van der Waals surface area contributed by atoms with Gasteiger partial charge in [0.15, 0.2) is 12.0 Å². The summed E-state index contributed by atoms with van der Waals surface area (Å²) in [5.74, 6) is -0.182. The highest BCUT2D eigenvalue weighted by molar-refractivity contribution is 5.92. The number of aromatic nitrogens is 1. The Labute approximate surface area is 142 Å². The molecule has 0 amide bonds. The van der Waals surface area contributed by atoms with E-state index in [9.17, 15) is 4.39 Å². The Hall–Kier alpha value is -2.48. The number of halogens is 1. The zero-order chi connectivity index (χ0) is 17.1. The molecule has 1 aliphatic carbocycles. The summed E-state index contributed by atoms with van der Waals surface area (Å²) in [6, 6.07) is 16.1. The smallest absolute Gasteiger partial charge is 0.200 e. The van der Waals surface area contributed by atoms with Gasteiger partial charge in [-0.2, -0.15) is 8.96 Å². The summed E-state index contributed by atoms with van der Waals surface area (Å²) in [7, 11) is 1.91. The summed E-state index contributed by atoms with van der Waals surface area (Å²) in [5, 5.41) is 0. The van der Waals surface area contributed by atoms with Gasteiger partial charge < -0.3 is 0 Å². The molecule has 1 aliphatic rings. The molecule has 2 aromatic carbocycles. The predicted molar refractivity (Wildman–Crippen MR) is 95.3 cm³/mol. The van der Waals surface area contributed by atoms with Crippen LogP contribution >= 0.6 is 0 Å². The van der Waals surface area contributed by atoms with Crippen molar-refractivity contribution in [1.29, 1.82) is 0 Å². The van der Waals surface area contributed by atoms with Crippen LogP contribution in [-0.2, 0) is 12.5 Å². The number of fused-ring (bicyclic) bond motifs is 3. The van der Waals surface area contributed by atoms with E-state index in [1.54, 1.807) is 12.1 Å². The fraction of sp³-hybridized carbons (Fsp3) is 0.227. The van der Waals surface area contributed by atoms with Crippen LogP contribution in [0.5, 0.6) is 0 Å². The first-order valence-corrected chi connectivity index (χ1v) is 8.31. The van der Waals surface area contributed by atoms with Gasteiger partial charge in [0.1, 0.15) is 7.05 Å². The summed E-state index contributed by atoms with van der Waals surface area (Å²) < 4.78 is 16.6. The molecule has 24 heavy (non-hydrogen) atoms. The van der Waals surface area contributed by atoms with Crippen LogP contribution in [0.1, 0.15) is 30.5 Å². The lowest BCUT2D eigenvalue weighted by Crippen LogP contribution is -2.32. The Morgan fingerprint density at radius 3 is 2.38 bits per heavy atom. The maximum absolute atomic E-state index is 14.7. The van der Waals surface area contributed by atoms with Crippen LogP contribution in [0.2, 0.25) is 0 Å². The third kappa shape index (κ3) is 1.89. The molecule has 2 heteroatoms. The van der Waals surface area contributed by atoms with Crippen molar-refractivity contribution in [1.82, 2.24) is 0 Å². The van der Waals surface area contributed by atoms with E-state index in [1.165, 1.54) is 22.3 Å². The molecule has 0 spiro atoms. The van der Waals surface area contributed by atoms with E-state index in [0.29, 0.717) is 5.69 Å². The molecule has 0 bridgehead atoms. The largest absolute Gasteiger partial charge is 0.249 e. The van der Waals surface area contributed by atoms with Crippen LogP contribution in [0.25, 0.3) is 22.4 Å². The molecule has 1 aromatic heterocycles. The molecule has 120 valence electrons. The lowest BCUT2D eigenvalue weighted by molar-refractivity contribution is -0.661. The third-order valence-electron chi connectivity index (χ3n) is 5.32. The maximum atomic E-state index is 14.7. The number of rotatable bonds is 1. The van der Waals surface area contributed by atoms with Crippen molar-refractivity contribution in [3.63, 3.8) is 0 Å². The van der Waals surface area contributed by atoms with E-state index in [2.05, 4.69) is 57.2 Å². The van der Waals surface area contributed by atoms with E-state index in [1.807, 2.05) is 17.8 Å². The average molecular weight is 318 g/mol. The molecule has 0 atom stereocenters. The zero-order valence-corrected chi connectivity index (χ0v) is 14.5. The lowest BCUT2D eigenvalue weighted by Gasteiger charge is -2.21. The highest BCUT2D eigenvalue weighted by atomic mass is 19.1. The van der Waals surface area contributed by atoms with Crippen molar-refractivity contribution in [3.05, 3.63) is 77.2 Å². The van der Waals surface area contributed by atoms with Gasteiger partial charge in [-0.1, -0.05) is 50.2 Å². The van der Waals surface area contributed by atoms with Gasteiger partial charge >= 0.3 is 0 Å². The second-order valence-electron chi connectivity index (χ2n) is 7.17. The second-order valence-corrected chi connectivity index (χ2v) is 7.17. The minimum atomic E-state index is -0.182. The number of hydrogen-bond acceptors (Lipinski definition) is 0. The molecule has 0 N–H and O–H groups in total. The van der Waals surface area contributed by atoms with E-state index in [-0.39, 0.29) is 11.2 Å². The molecule has 3 aromatic rings. The van der Waals surface area contributed by atoms with E-state index in [4.69, 9.17) is 0 Å². The number of aryl methyl sites for hydroxylation is 2. The monoisotopic (exact) mass is 318 g/mol. The molecule has 0 aliphatic heterocycles. The second kappa shape index (κ2) is 5.01. The molecule has 0 fully saturated rings. The molecule has 0 unspecified atom stereocenters. The Kier molecular flexibility index (Phi) is 3.14. The summed E-state index contributed by atoms with van der Waals surface area (Å²) in [5.41, 5.74) is 7.67. The Morgan fingerprint density at radius 2 is 1.62 bits per heavy atom. The van der Waals surface area contributed by atoms with Crippen LogP contribution in [0.4, 0.5) is 4.39 Å². The van der Waals surface area contributed by atoms with Gasteiger partial charge in [-0.15, -0.1) is 0 Å². The van der Waals surface area contributed by atoms with Gasteiger partial charge in [-0.25, -0.2) is 0 Å². The van der Waals surface area contributed by atoms with Crippen LogP contribution in [0.3, 0.4) is 0 Å². The summed E-state index contributed by atoms with van der Waals surface area (Å²) in [4.78, 5) is 0. The molecular weight excluding hydrogens is 297 g/mol. The first kappa shape index (κ1) is 15.1. The van der Waals surface area contributed by atoms with Crippen LogP contribution in [0, 0.1) is 12.7 Å². The van der Waals surface area contributed by atoms with Crippen molar-refractivity contribution in [2.45, 2.75) is 26.2 Å². The number of pyridine rings is 1. The van der Waals surface area contributed by atoms with Crippen molar-refractivity contribution in [2.24, 2.45) is 7.05 Å². The van der Waals surface area contributed by atoms with Gasteiger partial charge in [0, 0.05) is 17.0 Å². The minimum Gasteiger partial charge on any atom is -0.200 e. The molecule has 4 rings (SSSR count). The van der Waals surface area contributed by atoms with E-state index in [0.717, 1.165) is 11.1 Å². The molecule has 1 nitrogen and oxygen atoms in total. The Morgan fingerprint density at radius 1 is 0.875 bits per heavy atom. The Bertz CT molecular complexity index is 949. The highest BCUT2D eigenvalue weighted by Gasteiger charge is 2.38. The van der Waals surface area contributed by atoms with Gasteiger partial charge in [-0.05, 0) is 35.2 Å². The molecule has 0 saturated heterocycles. The topological polar surface area (TPSA) is 3.88 Å². The summed E-state index contributed by atoms with van der Waals surface area (Å²) in [6.07, 6.45) is 1.91. The fourth-order valence-electron chi connectivity index (χ4n) is 4.08. The Balaban J connectivity index is 2.17. The fourth-order valence-corrected chi connectivity index (χ4v) is 4.08. The number of nitrogens with zero attached hydrogens (tertiary/aromatic N) is 1. The molecule has 0 saturated carbocycles. The van der Waals surface area contributed by atoms with E-state index < -0.39 is 0 Å². The summed E-state index contributed by atoms with van der Waals surface area (Å²) in [6.45, 7) is 6.56. The standard InChI is InChI=1S/C22H21FN/c1-14-11-12-17-20(15-8-5-6-9-16(15)22(17,2)3)19(14)21-18(23)10-7-13-24(21)4/h5-13H,1-4H3/q+1. The first-order chi connectivity index (χ1) is 11.4. The van der Waals surface area contributed by atoms with E-state index >= 15 is 0 Å². The van der Waals surface area contributed by atoms with Gasteiger partial charge in [-0.3, -0.25) is 0 Å². The SMILES string of the molecule is Cc1ccc2c(c1-c1c(F)ccc[n+]1C)-c1ccccc1C2(C)C.